The molecule has 0 radical (unpaired) electrons. The lowest BCUT2D eigenvalue weighted by molar-refractivity contribution is -0.119. The van der Waals surface area contributed by atoms with Crippen molar-refractivity contribution < 1.29 is 4.79 Å². The van der Waals surface area contributed by atoms with Crippen LogP contribution in [0.3, 0.4) is 0 Å². The van der Waals surface area contributed by atoms with Gasteiger partial charge in [-0.2, -0.15) is 0 Å². The van der Waals surface area contributed by atoms with E-state index in [9.17, 15) is 4.79 Å². The molecule has 3 nitrogen and oxygen atoms in total. The molecule has 1 rings (SSSR count). The number of hydrogen-bond acceptors (Lipinski definition) is 2. The molecule has 0 spiro atoms. The fourth-order valence-electron chi connectivity index (χ4n) is 2.11. The van der Waals surface area contributed by atoms with Crippen molar-refractivity contribution in [1.29, 1.82) is 0 Å². The quantitative estimate of drug-likeness (QED) is 0.664. The van der Waals surface area contributed by atoms with Gasteiger partial charge in [0.05, 0.1) is 5.69 Å². The summed E-state index contributed by atoms with van der Waals surface area (Å²) in [6, 6.07) is 9.91. The second-order valence-corrected chi connectivity index (χ2v) is 4.83. The van der Waals surface area contributed by atoms with Crippen molar-refractivity contribution in [3.63, 3.8) is 0 Å². The van der Waals surface area contributed by atoms with Crippen LogP contribution in [0.25, 0.3) is 0 Å². The van der Waals surface area contributed by atoms with E-state index in [0.29, 0.717) is 0 Å². The van der Waals surface area contributed by atoms with Crippen molar-refractivity contribution >= 4 is 11.6 Å². The van der Waals surface area contributed by atoms with Crippen molar-refractivity contribution in [3.8, 4) is 0 Å². The van der Waals surface area contributed by atoms with Gasteiger partial charge >= 0.3 is 0 Å². The van der Waals surface area contributed by atoms with Gasteiger partial charge in [-0.15, -0.1) is 0 Å². The molecule has 0 aliphatic heterocycles. The number of benzene rings is 1. The van der Waals surface area contributed by atoms with Gasteiger partial charge in [-0.3, -0.25) is 4.79 Å². The number of unbranched alkanes of at least 4 members (excludes halogenated alkanes) is 2. The summed E-state index contributed by atoms with van der Waals surface area (Å²) < 4.78 is 0. The number of amides is 1. The molecule has 0 aliphatic rings. The number of carbonyl (C=O) groups excluding carboxylic acids is 1. The molecular formula is C16H26N2O. The number of hydrazine groups is 1. The number of para-hydroxylation sites is 1. The molecule has 3 heteroatoms. The zero-order valence-corrected chi connectivity index (χ0v) is 12.4. The Morgan fingerprint density at radius 2 is 1.53 bits per heavy atom. The van der Waals surface area contributed by atoms with Crippen LogP contribution in [-0.4, -0.2) is 24.0 Å². The Morgan fingerprint density at radius 3 is 1.95 bits per heavy atom. The maximum atomic E-state index is 12.0. The van der Waals surface area contributed by atoms with Gasteiger partial charge in [-0.25, -0.2) is 10.0 Å². The summed E-state index contributed by atoms with van der Waals surface area (Å²) in [6.45, 7) is 7.87. The molecule has 0 aromatic heterocycles. The lowest BCUT2D eigenvalue weighted by atomic mass is 10.2. The van der Waals surface area contributed by atoms with E-state index < -0.39 is 0 Å². The average molecular weight is 262 g/mol. The van der Waals surface area contributed by atoms with Gasteiger partial charge in [0.15, 0.2) is 0 Å². The van der Waals surface area contributed by atoms with Crippen LogP contribution in [0.1, 0.15) is 46.5 Å². The lowest BCUT2D eigenvalue weighted by Gasteiger charge is -2.34. The van der Waals surface area contributed by atoms with Crippen molar-refractivity contribution in [2.24, 2.45) is 0 Å². The SMILES string of the molecule is CCCCN(CCCC)N(C(C)=O)c1ccccc1. The third kappa shape index (κ3) is 5.03. The minimum atomic E-state index is 0.0819. The summed E-state index contributed by atoms with van der Waals surface area (Å²) in [4.78, 5) is 12.0. The van der Waals surface area contributed by atoms with Crippen LogP contribution < -0.4 is 5.01 Å². The Morgan fingerprint density at radius 1 is 1.00 bits per heavy atom. The van der Waals surface area contributed by atoms with E-state index in [1.165, 1.54) is 0 Å². The summed E-state index contributed by atoms with van der Waals surface area (Å²) in [5.74, 6) is 0.0819. The topological polar surface area (TPSA) is 23.6 Å². The molecule has 0 saturated heterocycles. The highest BCUT2D eigenvalue weighted by Crippen LogP contribution is 2.17. The van der Waals surface area contributed by atoms with Crippen molar-refractivity contribution in [2.75, 3.05) is 18.1 Å². The van der Waals surface area contributed by atoms with E-state index in [1.54, 1.807) is 6.92 Å². The fourth-order valence-corrected chi connectivity index (χ4v) is 2.11. The summed E-state index contributed by atoms with van der Waals surface area (Å²) >= 11 is 0. The Labute approximate surface area is 117 Å². The monoisotopic (exact) mass is 262 g/mol. The van der Waals surface area contributed by atoms with E-state index in [1.807, 2.05) is 35.3 Å². The maximum absolute atomic E-state index is 12.0. The number of carbonyl (C=O) groups is 1. The molecule has 1 aromatic rings. The third-order valence-corrected chi connectivity index (χ3v) is 3.12. The predicted molar refractivity (Wildman–Crippen MR) is 81.0 cm³/mol. The Kier molecular flexibility index (Phi) is 7.19. The van der Waals surface area contributed by atoms with Crippen LogP contribution in [0.15, 0.2) is 30.3 Å². The molecule has 1 amide bonds. The van der Waals surface area contributed by atoms with Crippen molar-refractivity contribution in [1.82, 2.24) is 5.01 Å². The zero-order chi connectivity index (χ0) is 14.1. The van der Waals surface area contributed by atoms with Crippen LogP contribution in [0.2, 0.25) is 0 Å². The van der Waals surface area contributed by atoms with E-state index in [4.69, 9.17) is 0 Å². The minimum Gasteiger partial charge on any atom is -0.273 e. The molecule has 19 heavy (non-hydrogen) atoms. The van der Waals surface area contributed by atoms with Gasteiger partial charge in [0.1, 0.15) is 0 Å². The highest BCUT2D eigenvalue weighted by molar-refractivity contribution is 5.90. The summed E-state index contributed by atoms with van der Waals surface area (Å²) in [5, 5.41) is 4.01. The Balaban J connectivity index is 2.88. The highest BCUT2D eigenvalue weighted by Gasteiger charge is 2.19. The van der Waals surface area contributed by atoms with E-state index in [-0.39, 0.29) is 5.91 Å². The molecule has 0 aliphatic carbocycles. The van der Waals surface area contributed by atoms with Gasteiger partial charge in [0.25, 0.3) is 0 Å². The van der Waals surface area contributed by atoms with Crippen LogP contribution in [0.5, 0.6) is 0 Å². The third-order valence-electron chi connectivity index (χ3n) is 3.12. The van der Waals surface area contributed by atoms with Crippen LogP contribution in [0.4, 0.5) is 5.69 Å². The van der Waals surface area contributed by atoms with Gasteiger partial charge in [0.2, 0.25) is 5.91 Å². The average Bonchev–Trinajstić information content (AvgIpc) is 2.42. The Hall–Kier alpha value is -1.35. The first-order chi connectivity index (χ1) is 9.20. The van der Waals surface area contributed by atoms with Crippen LogP contribution in [-0.2, 0) is 4.79 Å². The molecule has 0 heterocycles. The summed E-state index contributed by atoms with van der Waals surface area (Å²) in [6.07, 6.45) is 4.51. The van der Waals surface area contributed by atoms with E-state index in [0.717, 1.165) is 44.5 Å². The minimum absolute atomic E-state index is 0.0819. The normalized spacial score (nSPS) is 10.7. The van der Waals surface area contributed by atoms with Gasteiger partial charge in [-0.05, 0) is 25.0 Å². The number of nitrogens with zero attached hydrogens (tertiary/aromatic N) is 2. The number of hydrogen-bond donors (Lipinski definition) is 0. The van der Waals surface area contributed by atoms with E-state index in [2.05, 4.69) is 18.9 Å². The molecule has 0 bridgehead atoms. The second kappa shape index (κ2) is 8.70. The fraction of sp³-hybridized carbons (Fsp3) is 0.562. The number of anilines is 1. The molecular weight excluding hydrogens is 236 g/mol. The zero-order valence-electron chi connectivity index (χ0n) is 12.4. The largest absolute Gasteiger partial charge is 0.273 e. The first kappa shape index (κ1) is 15.7. The van der Waals surface area contributed by atoms with Crippen LogP contribution in [0, 0.1) is 0 Å². The molecule has 106 valence electrons. The van der Waals surface area contributed by atoms with E-state index >= 15 is 0 Å². The van der Waals surface area contributed by atoms with Crippen LogP contribution >= 0.6 is 0 Å². The highest BCUT2D eigenvalue weighted by atomic mass is 16.2. The summed E-state index contributed by atoms with van der Waals surface area (Å²) in [5.41, 5.74) is 0.960. The maximum Gasteiger partial charge on any atom is 0.238 e. The van der Waals surface area contributed by atoms with Gasteiger partial charge < -0.3 is 0 Å². The summed E-state index contributed by atoms with van der Waals surface area (Å²) in [7, 11) is 0. The molecule has 0 unspecified atom stereocenters. The molecule has 0 saturated carbocycles. The predicted octanol–water partition coefficient (Wildman–Crippen LogP) is 3.86. The molecule has 0 N–H and O–H groups in total. The smallest absolute Gasteiger partial charge is 0.238 e. The Bertz CT molecular complexity index is 356. The second-order valence-electron chi connectivity index (χ2n) is 4.83. The van der Waals surface area contributed by atoms with Crippen molar-refractivity contribution in [3.05, 3.63) is 30.3 Å². The molecule has 1 aromatic carbocycles. The van der Waals surface area contributed by atoms with Gasteiger partial charge in [0, 0.05) is 20.0 Å². The van der Waals surface area contributed by atoms with Gasteiger partial charge in [-0.1, -0.05) is 44.9 Å². The first-order valence-electron chi connectivity index (χ1n) is 7.31. The lowest BCUT2D eigenvalue weighted by Crippen LogP contribution is -2.46. The molecule has 0 fully saturated rings. The van der Waals surface area contributed by atoms with Crippen molar-refractivity contribution in [2.45, 2.75) is 46.5 Å². The first-order valence-corrected chi connectivity index (χ1v) is 7.31. The number of rotatable bonds is 8. The standard InChI is InChI=1S/C16H26N2O/c1-4-6-13-17(14-7-5-2)18(15(3)19)16-11-9-8-10-12-16/h8-12H,4-7,13-14H2,1-3H3. The molecule has 0 atom stereocenters.